The van der Waals surface area contributed by atoms with Gasteiger partial charge >= 0.3 is 0 Å². The molecule has 2 aliphatic heterocycles. The first-order valence-corrected chi connectivity index (χ1v) is 9.60. The highest BCUT2D eigenvalue weighted by Gasteiger charge is 2.25. The molecule has 4 rings (SSSR count). The average Bonchev–Trinajstić information content (AvgIpc) is 3.03. The van der Waals surface area contributed by atoms with Crippen LogP contribution in [0.2, 0.25) is 0 Å². The molecule has 3 heterocycles. The summed E-state index contributed by atoms with van der Waals surface area (Å²) in [5.41, 5.74) is 4.72. The van der Waals surface area contributed by atoms with Crippen LogP contribution in [-0.4, -0.2) is 40.8 Å². The molecule has 2 aromatic rings. The van der Waals surface area contributed by atoms with Crippen molar-refractivity contribution in [2.45, 2.75) is 52.2 Å². The molecule has 0 amide bonds. The Hall–Kier alpha value is -1.88. The van der Waals surface area contributed by atoms with Gasteiger partial charge in [0.1, 0.15) is 5.69 Å². The van der Waals surface area contributed by atoms with E-state index in [0.29, 0.717) is 0 Å². The number of rotatable bonds is 5. The molecule has 0 aliphatic carbocycles. The number of nitrogens with zero attached hydrogens (tertiary/aromatic N) is 4. The lowest BCUT2D eigenvalue weighted by Gasteiger charge is -2.41. The number of hydrogen-bond donors (Lipinski definition) is 0. The topological polar surface area (TPSA) is 43.2 Å². The Labute approximate surface area is 150 Å². The number of anilines is 1. The highest BCUT2D eigenvalue weighted by atomic mass is 16.5. The van der Waals surface area contributed by atoms with E-state index in [1.54, 1.807) is 0 Å². The average molecular weight is 340 g/mol. The molecular weight excluding hydrogens is 312 g/mol. The van der Waals surface area contributed by atoms with E-state index in [9.17, 15) is 0 Å². The third kappa shape index (κ3) is 3.56. The second kappa shape index (κ2) is 7.16. The summed E-state index contributed by atoms with van der Waals surface area (Å²) in [6.07, 6.45) is 7.17. The molecule has 2 saturated heterocycles. The summed E-state index contributed by atoms with van der Waals surface area (Å²) in [4.78, 5) is 2.46. The maximum absolute atomic E-state index is 5.81. The van der Waals surface area contributed by atoms with Crippen molar-refractivity contribution in [3.8, 4) is 11.3 Å². The van der Waals surface area contributed by atoms with Crippen molar-refractivity contribution in [2.75, 3.05) is 24.6 Å². The van der Waals surface area contributed by atoms with E-state index in [0.717, 1.165) is 31.2 Å². The molecule has 1 aromatic heterocycles. The maximum atomic E-state index is 5.81. The SMILES string of the molecule is CCC1CN(c2ccc(-c3cn(C[C@H]4CCCCO4)nn3)c(C)c2)C1. The molecule has 5 nitrogen and oxygen atoms in total. The van der Waals surface area contributed by atoms with E-state index in [-0.39, 0.29) is 6.10 Å². The first-order chi connectivity index (χ1) is 12.2. The molecule has 0 saturated carbocycles. The van der Waals surface area contributed by atoms with Crippen LogP contribution < -0.4 is 4.90 Å². The van der Waals surface area contributed by atoms with E-state index < -0.39 is 0 Å². The third-order valence-electron chi connectivity index (χ3n) is 5.59. The minimum absolute atomic E-state index is 0.282. The Morgan fingerprint density at radius 1 is 1.24 bits per heavy atom. The van der Waals surface area contributed by atoms with Gasteiger partial charge in [-0.2, -0.15) is 0 Å². The minimum atomic E-state index is 0.282. The van der Waals surface area contributed by atoms with E-state index in [1.807, 2.05) is 4.68 Å². The first kappa shape index (κ1) is 16.6. The molecule has 1 atom stereocenters. The van der Waals surface area contributed by atoms with E-state index >= 15 is 0 Å². The fourth-order valence-corrected chi connectivity index (χ4v) is 3.84. The van der Waals surface area contributed by atoms with Gasteiger partial charge in [-0.3, -0.25) is 0 Å². The molecule has 0 bridgehead atoms. The van der Waals surface area contributed by atoms with E-state index in [4.69, 9.17) is 4.74 Å². The molecule has 5 heteroatoms. The molecule has 134 valence electrons. The zero-order chi connectivity index (χ0) is 17.2. The molecule has 0 N–H and O–H groups in total. The Morgan fingerprint density at radius 3 is 2.84 bits per heavy atom. The van der Waals surface area contributed by atoms with Crippen molar-refractivity contribution in [3.05, 3.63) is 30.0 Å². The van der Waals surface area contributed by atoms with Crippen LogP contribution in [0.5, 0.6) is 0 Å². The van der Waals surface area contributed by atoms with Gasteiger partial charge in [-0.05, 0) is 56.2 Å². The monoisotopic (exact) mass is 340 g/mol. The summed E-state index contributed by atoms with van der Waals surface area (Å²) in [6.45, 7) is 8.50. The van der Waals surface area contributed by atoms with Gasteiger partial charge in [-0.25, -0.2) is 4.68 Å². The van der Waals surface area contributed by atoms with Gasteiger partial charge < -0.3 is 9.64 Å². The van der Waals surface area contributed by atoms with Crippen molar-refractivity contribution in [1.82, 2.24) is 15.0 Å². The Morgan fingerprint density at radius 2 is 2.12 bits per heavy atom. The van der Waals surface area contributed by atoms with Crippen LogP contribution in [0.3, 0.4) is 0 Å². The second-order valence-electron chi connectivity index (χ2n) is 7.49. The number of benzene rings is 1. The molecule has 1 aromatic carbocycles. The van der Waals surface area contributed by atoms with Crippen molar-refractivity contribution in [1.29, 1.82) is 0 Å². The standard InChI is InChI=1S/C20H28N4O/c1-3-16-11-23(12-16)17-7-8-19(15(2)10-17)20-14-24(22-21-20)13-18-6-4-5-9-25-18/h7-8,10,14,16,18H,3-6,9,11-13H2,1-2H3/t18-/m1/s1. The predicted octanol–water partition coefficient (Wildman–Crippen LogP) is 3.67. The lowest BCUT2D eigenvalue weighted by atomic mass is 9.95. The van der Waals surface area contributed by atoms with Crippen molar-refractivity contribution >= 4 is 5.69 Å². The lowest BCUT2D eigenvalue weighted by molar-refractivity contribution is 0.00370. The minimum Gasteiger partial charge on any atom is -0.376 e. The van der Waals surface area contributed by atoms with Gasteiger partial charge in [0.15, 0.2) is 0 Å². The fourth-order valence-electron chi connectivity index (χ4n) is 3.84. The lowest BCUT2D eigenvalue weighted by Crippen LogP contribution is -2.46. The van der Waals surface area contributed by atoms with Gasteiger partial charge in [-0.1, -0.05) is 18.2 Å². The van der Waals surface area contributed by atoms with Crippen molar-refractivity contribution in [3.63, 3.8) is 0 Å². The highest BCUT2D eigenvalue weighted by Crippen LogP contribution is 2.30. The smallest absolute Gasteiger partial charge is 0.113 e. The van der Waals surface area contributed by atoms with Crippen LogP contribution in [-0.2, 0) is 11.3 Å². The highest BCUT2D eigenvalue weighted by molar-refractivity contribution is 5.67. The summed E-state index contributed by atoms with van der Waals surface area (Å²) < 4.78 is 7.74. The van der Waals surface area contributed by atoms with Crippen LogP contribution in [0.4, 0.5) is 5.69 Å². The zero-order valence-corrected chi connectivity index (χ0v) is 15.3. The van der Waals surface area contributed by atoms with Crippen LogP contribution in [0.1, 0.15) is 38.2 Å². The Kier molecular flexibility index (Phi) is 4.75. The molecule has 0 radical (unpaired) electrons. The fraction of sp³-hybridized carbons (Fsp3) is 0.600. The largest absolute Gasteiger partial charge is 0.376 e. The van der Waals surface area contributed by atoms with E-state index in [1.165, 1.54) is 49.2 Å². The van der Waals surface area contributed by atoms with Gasteiger partial charge in [-0.15, -0.1) is 5.10 Å². The van der Waals surface area contributed by atoms with Crippen molar-refractivity contribution < 1.29 is 4.74 Å². The molecule has 0 unspecified atom stereocenters. The number of ether oxygens (including phenoxy) is 1. The maximum Gasteiger partial charge on any atom is 0.113 e. The van der Waals surface area contributed by atoms with Gasteiger partial charge in [0, 0.05) is 30.9 Å². The quantitative estimate of drug-likeness (QED) is 0.833. The number of aromatic nitrogens is 3. The first-order valence-electron chi connectivity index (χ1n) is 9.60. The van der Waals surface area contributed by atoms with Crippen LogP contribution in [0.15, 0.2) is 24.4 Å². The molecular formula is C20H28N4O. The molecule has 2 aliphatic rings. The molecule has 0 spiro atoms. The number of hydrogen-bond acceptors (Lipinski definition) is 4. The summed E-state index contributed by atoms with van der Waals surface area (Å²) in [7, 11) is 0. The zero-order valence-electron chi connectivity index (χ0n) is 15.3. The Balaban J connectivity index is 1.44. The summed E-state index contributed by atoms with van der Waals surface area (Å²) >= 11 is 0. The van der Waals surface area contributed by atoms with Gasteiger partial charge in [0.25, 0.3) is 0 Å². The summed E-state index contributed by atoms with van der Waals surface area (Å²) in [5, 5.41) is 8.70. The van der Waals surface area contributed by atoms with Gasteiger partial charge in [0.05, 0.1) is 18.8 Å². The van der Waals surface area contributed by atoms with Gasteiger partial charge in [0.2, 0.25) is 0 Å². The van der Waals surface area contributed by atoms with Crippen LogP contribution >= 0.6 is 0 Å². The van der Waals surface area contributed by atoms with Crippen molar-refractivity contribution in [2.24, 2.45) is 5.92 Å². The van der Waals surface area contributed by atoms with E-state index in [2.05, 4.69) is 53.5 Å². The molecule has 2 fully saturated rings. The summed E-state index contributed by atoms with van der Waals surface area (Å²) in [6, 6.07) is 6.69. The second-order valence-corrected chi connectivity index (χ2v) is 7.49. The third-order valence-corrected chi connectivity index (χ3v) is 5.59. The number of aryl methyl sites for hydroxylation is 1. The Bertz CT molecular complexity index is 714. The van der Waals surface area contributed by atoms with Crippen LogP contribution in [0.25, 0.3) is 11.3 Å². The predicted molar refractivity (Wildman–Crippen MR) is 99.8 cm³/mol. The summed E-state index contributed by atoms with van der Waals surface area (Å²) in [5.74, 6) is 0.863. The van der Waals surface area contributed by atoms with Crippen LogP contribution in [0, 0.1) is 12.8 Å². The molecule has 25 heavy (non-hydrogen) atoms. The normalized spacial score (nSPS) is 21.4.